The van der Waals surface area contributed by atoms with E-state index in [2.05, 4.69) is 19.2 Å². The molecule has 1 N–H and O–H groups in total. The second-order valence-corrected chi connectivity index (χ2v) is 10.4. The van der Waals surface area contributed by atoms with Crippen LogP contribution >= 0.6 is 0 Å². The Morgan fingerprint density at radius 2 is 1.64 bits per heavy atom. The highest BCUT2D eigenvalue weighted by molar-refractivity contribution is 7.89. The van der Waals surface area contributed by atoms with Crippen LogP contribution in [0.4, 0.5) is 0 Å². The summed E-state index contributed by atoms with van der Waals surface area (Å²) in [5.74, 6) is 0.101. The van der Waals surface area contributed by atoms with Crippen LogP contribution in [-0.4, -0.2) is 62.2 Å². The summed E-state index contributed by atoms with van der Waals surface area (Å²) in [5.41, 5.74) is 2.61. The van der Waals surface area contributed by atoms with E-state index in [0.29, 0.717) is 24.6 Å². The summed E-state index contributed by atoms with van der Waals surface area (Å²) in [5, 5.41) is 2.79. The van der Waals surface area contributed by atoms with Gasteiger partial charge in [-0.3, -0.25) is 9.59 Å². The zero-order valence-electron chi connectivity index (χ0n) is 19.6. The van der Waals surface area contributed by atoms with E-state index in [-0.39, 0.29) is 42.8 Å². The lowest BCUT2D eigenvalue weighted by molar-refractivity contribution is -0.132. The predicted octanol–water partition coefficient (Wildman–Crippen LogP) is 3.16. The first-order valence-electron chi connectivity index (χ1n) is 11.5. The maximum Gasteiger partial charge on any atom is 0.251 e. The minimum atomic E-state index is -3.58. The van der Waals surface area contributed by atoms with Gasteiger partial charge in [0.05, 0.1) is 4.90 Å². The van der Waals surface area contributed by atoms with Crippen molar-refractivity contribution in [3.63, 3.8) is 0 Å². The fraction of sp³-hybridized carbons (Fsp3) is 0.440. The van der Waals surface area contributed by atoms with Crippen LogP contribution in [0.15, 0.2) is 53.4 Å². The normalized spacial score (nSPS) is 15.8. The number of hydrogen-bond donors (Lipinski definition) is 1. The highest BCUT2D eigenvalue weighted by Gasteiger charge is 2.30. The molecule has 1 unspecified atom stereocenters. The number of nitrogens with zero attached hydrogens (tertiary/aromatic N) is 2. The van der Waals surface area contributed by atoms with Gasteiger partial charge in [-0.1, -0.05) is 44.2 Å². The zero-order valence-corrected chi connectivity index (χ0v) is 20.4. The van der Waals surface area contributed by atoms with Crippen molar-refractivity contribution < 1.29 is 18.0 Å². The number of carbonyl (C=O) groups excluding carboxylic acids is 2. The van der Waals surface area contributed by atoms with Crippen molar-refractivity contribution in [2.75, 3.05) is 32.7 Å². The Labute approximate surface area is 196 Å². The minimum absolute atomic E-state index is 0.0879. The molecule has 1 aliphatic heterocycles. The molecule has 0 aliphatic carbocycles. The van der Waals surface area contributed by atoms with Gasteiger partial charge >= 0.3 is 0 Å². The molecule has 0 saturated carbocycles. The van der Waals surface area contributed by atoms with Crippen molar-refractivity contribution >= 4 is 21.8 Å². The highest BCUT2D eigenvalue weighted by Crippen LogP contribution is 2.23. The standard InChI is InChI=1S/C25H33N3O4S/c1-4-19(2)21-9-11-22(12-10-21)33(31,32)28-17-15-27(16-18-28)24(29)13-14-26-25(30)23-8-6-5-7-20(23)3/h5-12,19H,4,13-18H2,1-3H3,(H,26,30). The molecule has 1 aliphatic rings. The van der Waals surface area contributed by atoms with E-state index in [4.69, 9.17) is 0 Å². The molecule has 1 heterocycles. The van der Waals surface area contributed by atoms with E-state index in [0.717, 1.165) is 17.5 Å². The number of amides is 2. The SMILES string of the molecule is CCC(C)c1ccc(S(=O)(=O)N2CCN(C(=O)CCNC(=O)c3ccccc3C)CC2)cc1. The molecule has 2 aromatic carbocycles. The predicted molar refractivity (Wildman–Crippen MR) is 129 cm³/mol. The summed E-state index contributed by atoms with van der Waals surface area (Å²) in [6, 6.07) is 14.4. The lowest BCUT2D eigenvalue weighted by atomic mass is 9.99. The molecule has 1 atom stereocenters. The Hall–Kier alpha value is -2.71. The van der Waals surface area contributed by atoms with Gasteiger partial charge in [0, 0.05) is 44.7 Å². The minimum Gasteiger partial charge on any atom is -0.352 e. The van der Waals surface area contributed by atoms with Crippen LogP contribution in [0, 0.1) is 6.92 Å². The summed E-state index contributed by atoms with van der Waals surface area (Å²) >= 11 is 0. The van der Waals surface area contributed by atoms with Gasteiger partial charge in [0.2, 0.25) is 15.9 Å². The van der Waals surface area contributed by atoms with Crippen molar-refractivity contribution in [1.29, 1.82) is 0 Å². The lowest BCUT2D eigenvalue weighted by Gasteiger charge is -2.34. The monoisotopic (exact) mass is 471 g/mol. The second kappa shape index (κ2) is 10.9. The largest absolute Gasteiger partial charge is 0.352 e. The summed E-state index contributed by atoms with van der Waals surface area (Å²) in [7, 11) is -3.58. The molecule has 2 amide bonds. The molecule has 0 aromatic heterocycles. The maximum absolute atomic E-state index is 13.0. The first kappa shape index (κ1) is 24.9. The van der Waals surface area contributed by atoms with Crippen LogP contribution in [-0.2, 0) is 14.8 Å². The third-order valence-corrected chi connectivity index (χ3v) is 8.22. The molecule has 0 spiro atoms. The maximum atomic E-state index is 13.0. The number of piperazine rings is 1. The Morgan fingerprint density at radius 1 is 1.00 bits per heavy atom. The molecular weight excluding hydrogens is 438 g/mol. The van der Waals surface area contributed by atoms with Crippen LogP contribution in [0.2, 0.25) is 0 Å². The number of nitrogens with one attached hydrogen (secondary N) is 1. The molecule has 8 heteroatoms. The van der Waals surface area contributed by atoms with Crippen LogP contribution in [0.25, 0.3) is 0 Å². The van der Waals surface area contributed by atoms with Gasteiger partial charge in [-0.25, -0.2) is 8.42 Å². The van der Waals surface area contributed by atoms with Crippen LogP contribution in [0.3, 0.4) is 0 Å². The molecule has 33 heavy (non-hydrogen) atoms. The fourth-order valence-corrected chi connectivity index (χ4v) is 5.32. The van der Waals surface area contributed by atoms with Crippen molar-refractivity contribution in [3.8, 4) is 0 Å². The average molecular weight is 472 g/mol. The Balaban J connectivity index is 1.49. The summed E-state index contributed by atoms with van der Waals surface area (Å²) in [4.78, 5) is 26.8. The van der Waals surface area contributed by atoms with Crippen LogP contribution in [0.1, 0.15) is 54.1 Å². The van der Waals surface area contributed by atoms with Gasteiger partial charge in [0.15, 0.2) is 0 Å². The third kappa shape index (κ3) is 6.00. The van der Waals surface area contributed by atoms with E-state index in [1.807, 2.05) is 31.2 Å². The molecule has 1 fully saturated rings. The molecule has 2 aromatic rings. The quantitative estimate of drug-likeness (QED) is 0.641. The molecule has 7 nitrogen and oxygen atoms in total. The highest BCUT2D eigenvalue weighted by atomic mass is 32.2. The van der Waals surface area contributed by atoms with Crippen LogP contribution < -0.4 is 5.32 Å². The first-order chi connectivity index (χ1) is 15.7. The number of sulfonamides is 1. The summed E-state index contributed by atoms with van der Waals surface area (Å²) < 4.78 is 27.4. The smallest absolute Gasteiger partial charge is 0.251 e. The fourth-order valence-electron chi connectivity index (χ4n) is 3.89. The van der Waals surface area contributed by atoms with Gasteiger partial charge in [-0.05, 0) is 48.6 Å². The van der Waals surface area contributed by atoms with E-state index >= 15 is 0 Å². The first-order valence-corrected chi connectivity index (χ1v) is 12.9. The van der Waals surface area contributed by atoms with Gasteiger partial charge in [-0.15, -0.1) is 0 Å². The number of rotatable bonds is 8. The van der Waals surface area contributed by atoms with Gasteiger partial charge in [0.25, 0.3) is 5.91 Å². The molecule has 1 saturated heterocycles. The average Bonchev–Trinajstić information content (AvgIpc) is 2.83. The van der Waals surface area contributed by atoms with Crippen molar-refractivity contribution in [1.82, 2.24) is 14.5 Å². The lowest BCUT2D eigenvalue weighted by Crippen LogP contribution is -2.50. The van der Waals surface area contributed by atoms with E-state index in [1.54, 1.807) is 29.2 Å². The Kier molecular flexibility index (Phi) is 8.26. The van der Waals surface area contributed by atoms with Gasteiger partial charge < -0.3 is 10.2 Å². The van der Waals surface area contributed by atoms with Gasteiger partial charge in [-0.2, -0.15) is 4.31 Å². The van der Waals surface area contributed by atoms with Crippen LogP contribution in [0.5, 0.6) is 0 Å². The Morgan fingerprint density at radius 3 is 2.24 bits per heavy atom. The van der Waals surface area contributed by atoms with Crippen molar-refractivity contribution in [2.24, 2.45) is 0 Å². The number of hydrogen-bond acceptors (Lipinski definition) is 4. The topological polar surface area (TPSA) is 86.8 Å². The van der Waals surface area contributed by atoms with Crippen molar-refractivity contribution in [3.05, 3.63) is 65.2 Å². The second-order valence-electron chi connectivity index (χ2n) is 8.48. The van der Waals surface area contributed by atoms with E-state index in [9.17, 15) is 18.0 Å². The van der Waals surface area contributed by atoms with Crippen molar-refractivity contribution in [2.45, 2.75) is 44.4 Å². The molecule has 3 rings (SSSR count). The summed E-state index contributed by atoms with van der Waals surface area (Å²) in [6.07, 6.45) is 1.18. The van der Waals surface area contributed by atoms with Gasteiger partial charge in [0.1, 0.15) is 0 Å². The number of benzene rings is 2. The van der Waals surface area contributed by atoms with E-state index < -0.39 is 10.0 Å². The zero-order chi connectivity index (χ0) is 24.0. The molecular formula is C25H33N3O4S. The van der Waals surface area contributed by atoms with E-state index in [1.165, 1.54) is 4.31 Å². The summed E-state index contributed by atoms with van der Waals surface area (Å²) in [6.45, 7) is 7.54. The molecule has 0 bridgehead atoms. The Bertz CT molecular complexity index is 1080. The molecule has 178 valence electrons. The number of aryl methyl sites for hydroxylation is 1. The molecule has 0 radical (unpaired) electrons. The third-order valence-electron chi connectivity index (χ3n) is 6.30. The number of carbonyl (C=O) groups is 2.